The molecule has 2 aromatic rings. The Hall–Kier alpha value is -8.66. The van der Waals surface area contributed by atoms with Crippen LogP contribution < -0.4 is 26.6 Å². The van der Waals surface area contributed by atoms with Crippen LogP contribution in [-0.2, 0) is 62.3 Å². The summed E-state index contributed by atoms with van der Waals surface area (Å²) in [6.07, 6.45) is 2.59. The van der Waals surface area contributed by atoms with E-state index in [9.17, 15) is 43.5 Å². The van der Waals surface area contributed by atoms with Crippen molar-refractivity contribution >= 4 is 87.9 Å². The zero-order chi connectivity index (χ0) is 78.9. The first-order valence-corrected chi connectivity index (χ1v) is 36.4. The average Bonchev–Trinajstić information content (AvgIpc) is 0.804. The Bertz CT molecular complexity index is 3270. The summed E-state index contributed by atoms with van der Waals surface area (Å²) in [5, 5.41) is 34.4. The lowest BCUT2D eigenvalue weighted by Gasteiger charge is -2.41. The molecule has 0 spiro atoms. The van der Waals surface area contributed by atoms with E-state index in [0.29, 0.717) is 17.1 Å². The zero-order valence-electron chi connectivity index (χ0n) is 65.9. The normalized spacial score (nSPS) is 24.1. The quantitative estimate of drug-likeness (QED) is 0.0555. The van der Waals surface area contributed by atoms with Crippen molar-refractivity contribution in [1.82, 2.24) is 55.6 Å². The number of aliphatic hydroxyl groups excluding tert-OH is 1. The van der Waals surface area contributed by atoms with Gasteiger partial charge >= 0.3 is 0 Å². The predicted octanol–water partition coefficient (Wildman–Crippen LogP) is 6.32. The number of rotatable bonds is 22. The van der Waals surface area contributed by atoms with E-state index in [1.165, 1.54) is 75.9 Å². The third-order valence-corrected chi connectivity index (χ3v) is 18.7. The molecule has 1 aliphatic heterocycles. The van der Waals surface area contributed by atoms with Gasteiger partial charge in [0, 0.05) is 55.0 Å². The van der Waals surface area contributed by atoms with Crippen LogP contribution >= 0.6 is 0 Å². The van der Waals surface area contributed by atoms with Gasteiger partial charge in [0.2, 0.25) is 70.9 Å². The number of anilines is 1. The molecule has 28 nitrogen and oxygen atoms in total. The summed E-state index contributed by atoms with van der Waals surface area (Å²) < 4.78 is 5.91. The molecule has 0 saturated carbocycles. The minimum atomic E-state index is -1.66. The molecular formula is C76H122N14O14. The number of benzene rings is 2. The topological polar surface area (TPSA) is 342 Å². The van der Waals surface area contributed by atoms with Crippen LogP contribution in [-0.4, -0.2) is 246 Å². The van der Waals surface area contributed by atoms with E-state index in [-0.39, 0.29) is 62.2 Å². The lowest BCUT2D eigenvalue weighted by Crippen LogP contribution is -2.63. The fourth-order valence-electron chi connectivity index (χ4n) is 12.4. The molecule has 1 heterocycles. The van der Waals surface area contributed by atoms with Crippen molar-refractivity contribution < 1.29 is 67.4 Å². The van der Waals surface area contributed by atoms with Gasteiger partial charge in [-0.25, -0.2) is 0 Å². The standard InChI is InChI=1S/C76H122N14O14/c1-24-26-30-50(15)66(93)65-70(97)79-55(25-2)71(98)84(17)41-62(92)85(18)57(37-44(3)4)69(96)81-63(48(11)12)75(102)86(19)58(38-45(5)6)68(95)77-51(16)67(94)80-56(42-104-43-61(91)78-52-33-35-54(36-34-52)83-82-53-31-28-27-29-32-53)72(99)87(20)59(39-46(7)8)73(100)88(21)60(40-47(9)10)74(101)89(22)64(49(13)14)76(103)90(65)23/h24,26-29,31-36,44-51,55-60,63-66,93H,25,30,37-43H2,1-23H3,(H,77,95)(H,78,91)(H,79,97)(H,80,94)(H,81,96)/b26-24+,83-82?/t50-,51+,55+,56-,57+,58+,59+,60+,63+,64+,65+,66-/m0/s1. The first-order valence-electron chi connectivity index (χ1n) is 36.4. The highest BCUT2D eigenvalue weighted by Gasteiger charge is 2.46. The monoisotopic (exact) mass is 1450 g/mol. The summed E-state index contributed by atoms with van der Waals surface area (Å²) in [6, 6.07) is 2.01. The number of aliphatic hydroxyl groups is 1. The van der Waals surface area contributed by atoms with E-state index in [4.69, 9.17) is 4.74 Å². The Morgan fingerprint density at radius 1 is 0.529 bits per heavy atom. The van der Waals surface area contributed by atoms with Crippen LogP contribution in [0.3, 0.4) is 0 Å². The second kappa shape index (κ2) is 42.3. The molecule has 1 fully saturated rings. The van der Waals surface area contributed by atoms with Crippen molar-refractivity contribution in [2.24, 2.45) is 51.7 Å². The second-order valence-corrected chi connectivity index (χ2v) is 30.1. The molecule has 580 valence electrons. The van der Waals surface area contributed by atoms with Crippen molar-refractivity contribution in [3.05, 3.63) is 66.7 Å². The Morgan fingerprint density at radius 2 is 0.990 bits per heavy atom. The molecule has 0 radical (unpaired) electrons. The van der Waals surface area contributed by atoms with Crippen LogP contribution in [0.4, 0.5) is 17.1 Å². The molecule has 12 atom stereocenters. The Balaban J connectivity index is 2.33. The first-order chi connectivity index (χ1) is 48.6. The van der Waals surface area contributed by atoms with Crippen LogP contribution in [0, 0.1) is 41.4 Å². The summed E-state index contributed by atoms with van der Waals surface area (Å²) in [5.41, 5.74) is 1.53. The number of nitrogens with zero attached hydrogens (tertiary/aromatic N) is 9. The molecule has 104 heavy (non-hydrogen) atoms. The maximum Gasteiger partial charge on any atom is 0.250 e. The number of carbonyl (C=O) groups excluding carboxylic acids is 12. The van der Waals surface area contributed by atoms with Gasteiger partial charge in [0.1, 0.15) is 67.0 Å². The first kappa shape index (κ1) is 89.6. The third-order valence-electron chi connectivity index (χ3n) is 18.7. The van der Waals surface area contributed by atoms with Crippen LogP contribution in [0.25, 0.3) is 0 Å². The van der Waals surface area contributed by atoms with Gasteiger partial charge in [-0.15, -0.1) is 0 Å². The van der Waals surface area contributed by atoms with Crippen molar-refractivity contribution in [2.45, 2.75) is 216 Å². The second-order valence-electron chi connectivity index (χ2n) is 30.1. The number of allylic oxidation sites excluding steroid dienone is 2. The molecule has 0 aliphatic carbocycles. The molecule has 0 unspecified atom stereocenters. The predicted molar refractivity (Wildman–Crippen MR) is 399 cm³/mol. The molecule has 2 aromatic carbocycles. The van der Waals surface area contributed by atoms with Gasteiger partial charge in [0.05, 0.1) is 30.6 Å². The van der Waals surface area contributed by atoms with E-state index in [2.05, 4.69) is 36.8 Å². The minimum Gasteiger partial charge on any atom is -0.390 e. The van der Waals surface area contributed by atoms with Crippen molar-refractivity contribution in [3.63, 3.8) is 0 Å². The number of likely N-dealkylation sites (N-methyl/N-ethyl adjacent to an activating group) is 7. The number of hydrogen-bond acceptors (Lipinski definition) is 16. The maximum atomic E-state index is 15.5. The smallest absolute Gasteiger partial charge is 0.250 e. The van der Waals surface area contributed by atoms with Gasteiger partial charge in [0.25, 0.3) is 0 Å². The van der Waals surface area contributed by atoms with E-state index < -0.39 is 175 Å². The van der Waals surface area contributed by atoms with Gasteiger partial charge in [0.15, 0.2) is 0 Å². The fourth-order valence-corrected chi connectivity index (χ4v) is 12.4. The number of nitrogens with one attached hydrogen (secondary N) is 5. The highest BCUT2D eigenvalue weighted by molar-refractivity contribution is 6.00. The molecule has 0 bridgehead atoms. The lowest BCUT2D eigenvalue weighted by molar-refractivity contribution is -0.157. The van der Waals surface area contributed by atoms with E-state index in [1.54, 1.807) is 97.0 Å². The molecule has 3 rings (SSSR count). The van der Waals surface area contributed by atoms with Gasteiger partial charge < -0.3 is 70.7 Å². The van der Waals surface area contributed by atoms with Crippen LogP contribution in [0.2, 0.25) is 0 Å². The highest BCUT2D eigenvalue weighted by Crippen LogP contribution is 2.27. The number of azo groups is 1. The van der Waals surface area contributed by atoms with Crippen molar-refractivity contribution in [3.8, 4) is 0 Å². The Labute approximate surface area is 617 Å². The SMILES string of the molecule is C/C=C/C[C@H](C)[C@H](O)[C@@H]1C(=O)N[C@H](CC)C(=O)N(C)CC(=O)N(C)[C@H](CC(C)C)C(=O)N[C@H](C(C)C)C(=O)N(C)[C@H](CC(C)C)C(=O)N[C@H](C)C(=O)N[C@@H](COCC(=O)Nc2ccc(N=Nc3ccccc3)cc2)C(=O)N(C)[C@H](CC(C)C)C(=O)N(C)[C@H](CC(C)C)C(=O)N(C)[C@H](C(C)C)C(=O)N1C. The number of hydrogen-bond donors (Lipinski definition) is 6. The fraction of sp³-hybridized carbons (Fsp3) is 0.658. The largest absolute Gasteiger partial charge is 0.390 e. The Kier molecular flexibility index (Phi) is 36.5. The number of amides is 12. The molecule has 1 saturated heterocycles. The third kappa shape index (κ3) is 26.2. The minimum absolute atomic E-state index is 0.00564. The van der Waals surface area contributed by atoms with Crippen LogP contribution in [0.5, 0.6) is 0 Å². The van der Waals surface area contributed by atoms with Gasteiger partial charge in [-0.3, -0.25) is 57.5 Å². The van der Waals surface area contributed by atoms with Crippen molar-refractivity contribution in [1.29, 1.82) is 0 Å². The van der Waals surface area contributed by atoms with Gasteiger partial charge in [-0.05, 0) is 130 Å². The molecule has 12 amide bonds. The van der Waals surface area contributed by atoms with Crippen molar-refractivity contribution in [2.75, 3.05) is 74.4 Å². The molecule has 28 heteroatoms. The Morgan fingerprint density at radius 3 is 1.49 bits per heavy atom. The van der Waals surface area contributed by atoms with E-state index in [1.807, 2.05) is 73.6 Å². The number of carbonyl (C=O) groups is 12. The van der Waals surface area contributed by atoms with Gasteiger partial charge in [-0.1, -0.05) is 127 Å². The molecule has 6 N–H and O–H groups in total. The summed E-state index contributed by atoms with van der Waals surface area (Å²) in [7, 11) is 9.69. The summed E-state index contributed by atoms with van der Waals surface area (Å²) in [5.74, 6) is -11.7. The maximum absolute atomic E-state index is 15.5. The molecule has 0 aromatic heterocycles. The van der Waals surface area contributed by atoms with Crippen LogP contribution in [0.1, 0.15) is 149 Å². The zero-order valence-corrected chi connectivity index (χ0v) is 65.9. The highest BCUT2D eigenvalue weighted by atomic mass is 16.5. The molecular weight excluding hydrogens is 1330 g/mol. The molecule has 1 aliphatic rings. The average molecular weight is 1460 g/mol. The summed E-state index contributed by atoms with van der Waals surface area (Å²) in [4.78, 5) is 186. The van der Waals surface area contributed by atoms with E-state index in [0.717, 1.165) is 14.7 Å². The number of ether oxygens (including phenoxy) is 1. The summed E-state index contributed by atoms with van der Waals surface area (Å²) in [6.45, 7) is 26.2. The van der Waals surface area contributed by atoms with Gasteiger partial charge in [-0.2, -0.15) is 10.2 Å². The lowest BCUT2D eigenvalue weighted by atomic mass is 9.91. The van der Waals surface area contributed by atoms with E-state index >= 15 is 19.2 Å². The van der Waals surface area contributed by atoms with Crippen LogP contribution in [0.15, 0.2) is 77.0 Å². The summed E-state index contributed by atoms with van der Waals surface area (Å²) >= 11 is 0.